The summed E-state index contributed by atoms with van der Waals surface area (Å²) in [5, 5.41) is 0. The molecule has 1 heteroatoms. The summed E-state index contributed by atoms with van der Waals surface area (Å²) in [7, 11) is 0. The minimum Gasteiger partial charge on any atom is -0.298 e. The summed E-state index contributed by atoms with van der Waals surface area (Å²) >= 11 is 0. The van der Waals surface area contributed by atoms with E-state index >= 15 is 0 Å². The maximum Gasteiger partial charge on any atom is 0.0139 e. The largest absolute Gasteiger partial charge is 0.298 e. The Morgan fingerprint density at radius 1 is 1.00 bits per heavy atom. The lowest BCUT2D eigenvalue weighted by Gasteiger charge is -2.44. The number of piperidine rings is 1. The molecule has 3 atom stereocenters. The topological polar surface area (TPSA) is 3.24 Å². The van der Waals surface area contributed by atoms with Gasteiger partial charge in [-0.3, -0.25) is 4.90 Å². The summed E-state index contributed by atoms with van der Waals surface area (Å²) < 4.78 is 0. The molecule has 0 aromatic heterocycles. The summed E-state index contributed by atoms with van der Waals surface area (Å²) in [4.78, 5) is 2.78. The quantitative estimate of drug-likeness (QED) is 0.664. The van der Waals surface area contributed by atoms with Crippen molar-refractivity contribution >= 4 is 0 Å². The van der Waals surface area contributed by atoms with Gasteiger partial charge in [0.2, 0.25) is 0 Å². The van der Waals surface area contributed by atoms with Gasteiger partial charge >= 0.3 is 0 Å². The number of fused-ring (bicyclic) bond motifs is 2. The van der Waals surface area contributed by atoms with Crippen LogP contribution >= 0.6 is 0 Å². The van der Waals surface area contributed by atoms with E-state index in [9.17, 15) is 0 Å². The van der Waals surface area contributed by atoms with Crippen LogP contribution in [-0.4, -0.2) is 23.5 Å². The van der Waals surface area contributed by atoms with Crippen LogP contribution < -0.4 is 0 Å². The lowest BCUT2D eigenvalue weighted by Crippen LogP contribution is -2.45. The fourth-order valence-corrected chi connectivity index (χ4v) is 5.60. The average Bonchev–Trinajstić information content (AvgIpc) is 3.05. The standard InChI is InChI=1S/C19H33N/c1-12(2)15-7-8-19(18(15)13(3)4)9-10-20(14(5)6)17-11-16(17)19/h12-14,16-17H,7-11H2,1-6H3. The summed E-state index contributed by atoms with van der Waals surface area (Å²) in [6.45, 7) is 15.8. The van der Waals surface area contributed by atoms with Crippen molar-refractivity contribution in [2.75, 3.05) is 6.54 Å². The van der Waals surface area contributed by atoms with Crippen molar-refractivity contribution in [2.24, 2.45) is 23.2 Å². The highest BCUT2D eigenvalue weighted by Gasteiger charge is 2.61. The molecule has 1 saturated heterocycles. The monoisotopic (exact) mass is 275 g/mol. The van der Waals surface area contributed by atoms with Gasteiger partial charge in [0.15, 0.2) is 0 Å². The first-order valence-electron chi connectivity index (χ1n) is 8.87. The molecular formula is C19H33N. The number of nitrogens with zero attached hydrogens (tertiary/aromatic N) is 1. The summed E-state index contributed by atoms with van der Waals surface area (Å²) in [6.07, 6.45) is 5.74. The third-order valence-corrected chi connectivity index (χ3v) is 6.37. The molecule has 0 aromatic rings. The van der Waals surface area contributed by atoms with E-state index in [0.29, 0.717) is 5.41 Å². The van der Waals surface area contributed by atoms with Crippen LogP contribution in [0.25, 0.3) is 0 Å². The van der Waals surface area contributed by atoms with Crippen molar-refractivity contribution < 1.29 is 0 Å². The minimum atomic E-state index is 0.601. The summed E-state index contributed by atoms with van der Waals surface area (Å²) in [5.74, 6) is 2.49. The van der Waals surface area contributed by atoms with Gasteiger partial charge in [-0.15, -0.1) is 0 Å². The fourth-order valence-electron chi connectivity index (χ4n) is 5.60. The molecule has 0 radical (unpaired) electrons. The van der Waals surface area contributed by atoms with Crippen LogP contribution in [0.1, 0.15) is 67.2 Å². The second kappa shape index (κ2) is 4.87. The van der Waals surface area contributed by atoms with E-state index in [4.69, 9.17) is 0 Å². The summed E-state index contributed by atoms with van der Waals surface area (Å²) in [6, 6.07) is 1.64. The zero-order valence-electron chi connectivity index (χ0n) is 14.4. The van der Waals surface area contributed by atoms with Gasteiger partial charge in [0, 0.05) is 12.1 Å². The van der Waals surface area contributed by atoms with Crippen molar-refractivity contribution in [3.8, 4) is 0 Å². The van der Waals surface area contributed by atoms with Crippen LogP contribution in [0.2, 0.25) is 0 Å². The van der Waals surface area contributed by atoms with Crippen LogP contribution in [0.3, 0.4) is 0 Å². The highest BCUT2D eigenvalue weighted by molar-refractivity contribution is 5.36. The zero-order chi connectivity index (χ0) is 14.7. The normalized spacial score (nSPS) is 37.6. The Balaban J connectivity index is 1.91. The molecule has 2 aliphatic carbocycles. The second-order valence-electron chi connectivity index (χ2n) is 8.40. The van der Waals surface area contributed by atoms with Gasteiger partial charge in [0.1, 0.15) is 0 Å². The van der Waals surface area contributed by atoms with Gasteiger partial charge in [-0.25, -0.2) is 0 Å². The molecule has 1 saturated carbocycles. The van der Waals surface area contributed by atoms with E-state index in [-0.39, 0.29) is 0 Å². The molecule has 20 heavy (non-hydrogen) atoms. The number of hydrogen-bond donors (Lipinski definition) is 0. The Morgan fingerprint density at radius 3 is 2.25 bits per heavy atom. The van der Waals surface area contributed by atoms with E-state index < -0.39 is 0 Å². The van der Waals surface area contributed by atoms with Gasteiger partial charge in [-0.05, 0) is 69.2 Å². The molecule has 0 amide bonds. The SMILES string of the molecule is CC(C)C1=C(C(C)C)C2(CC1)CCN(C(C)C)C1CC12. The molecular weight excluding hydrogens is 242 g/mol. The highest BCUT2D eigenvalue weighted by Crippen LogP contribution is 2.65. The van der Waals surface area contributed by atoms with Crippen molar-refractivity contribution in [3.05, 3.63) is 11.1 Å². The molecule has 3 rings (SSSR count). The average molecular weight is 275 g/mol. The Hall–Kier alpha value is -0.300. The van der Waals surface area contributed by atoms with Crippen LogP contribution in [-0.2, 0) is 0 Å². The van der Waals surface area contributed by atoms with Crippen molar-refractivity contribution in [1.82, 2.24) is 4.90 Å². The van der Waals surface area contributed by atoms with Gasteiger partial charge in [-0.2, -0.15) is 0 Å². The second-order valence-corrected chi connectivity index (χ2v) is 8.40. The van der Waals surface area contributed by atoms with Gasteiger partial charge in [0.25, 0.3) is 0 Å². The number of rotatable bonds is 3. The lowest BCUT2D eigenvalue weighted by molar-refractivity contribution is 0.0926. The van der Waals surface area contributed by atoms with Crippen LogP contribution in [0, 0.1) is 23.2 Å². The Bertz CT molecular complexity index is 417. The fraction of sp³-hybridized carbons (Fsp3) is 0.895. The molecule has 1 nitrogen and oxygen atoms in total. The predicted molar refractivity (Wildman–Crippen MR) is 86.7 cm³/mol. The third-order valence-electron chi connectivity index (χ3n) is 6.37. The first kappa shape index (κ1) is 14.6. The molecule has 0 N–H and O–H groups in total. The van der Waals surface area contributed by atoms with Crippen molar-refractivity contribution in [2.45, 2.75) is 79.3 Å². The smallest absolute Gasteiger partial charge is 0.0139 e. The first-order chi connectivity index (χ1) is 9.38. The van der Waals surface area contributed by atoms with Crippen LogP contribution in [0.15, 0.2) is 11.1 Å². The molecule has 1 spiro atoms. The maximum atomic E-state index is 2.78. The van der Waals surface area contributed by atoms with E-state index in [1.165, 1.54) is 32.2 Å². The molecule has 0 aromatic carbocycles. The molecule has 114 valence electrons. The van der Waals surface area contributed by atoms with Gasteiger partial charge in [-0.1, -0.05) is 38.8 Å². The predicted octanol–water partition coefficient (Wildman–Crippen LogP) is 4.88. The van der Waals surface area contributed by atoms with E-state index in [2.05, 4.69) is 46.4 Å². The number of hydrogen-bond acceptors (Lipinski definition) is 1. The van der Waals surface area contributed by atoms with Gasteiger partial charge < -0.3 is 0 Å². The number of likely N-dealkylation sites (tertiary alicyclic amines) is 1. The first-order valence-corrected chi connectivity index (χ1v) is 8.87. The number of allylic oxidation sites excluding steroid dienone is 2. The van der Waals surface area contributed by atoms with E-state index in [0.717, 1.165) is 29.8 Å². The highest BCUT2D eigenvalue weighted by atomic mass is 15.2. The zero-order valence-corrected chi connectivity index (χ0v) is 14.4. The van der Waals surface area contributed by atoms with Crippen molar-refractivity contribution in [1.29, 1.82) is 0 Å². The molecule has 3 unspecified atom stereocenters. The molecule has 2 fully saturated rings. The van der Waals surface area contributed by atoms with E-state index in [1.54, 1.807) is 0 Å². The maximum absolute atomic E-state index is 2.78. The minimum absolute atomic E-state index is 0.601. The van der Waals surface area contributed by atoms with Gasteiger partial charge in [0.05, 0.1) is 0 Å². The van der Waals surface area contributed by atoms with Crippen LogP contribution in [0.4, 0.5) is 0 Å². The third kappa shape index (κ3) is 2.00. The lowest BCUT2D eigenvalue weighted by atomic mass is 9.68. The summed E-state index contributed by atoms with van der Waals surface area (Å²) in [5.41, 5.74) is 4.32. The Labute approximate surface area is 125 Å². The Kier molecular flexibility index (Phi) is 3.56. The molecule has 1 heterocycles. The molecule has 3 aliphatic rings. The molecule has 0 bridgehead atoms. The molecule has 1 aliphatic heterocycles. The van der Waals surface area contributed by atoms with Crippen LogP contribution in [0.5, 0.6) is 0 Å². The Morgan fingerprint density at radius 2 is 1.70 bits per heavy atom. The van der Waals surface area contributed by atoms with Crippen molar-refractivity contribution in [3.63, 3.8) is 0 Å². The van der Waals surface area contributed by atoms with E-state index in [1.807, 2.05) is 11.1 Å².